The smallest absolute Gasteiger partial charge is 0 e. The first kappa shape index (κ1) is 42.1. The molecule has 0 N–H and O–H groups in total. The molecule has 0 aliphatic heterocycles. The summed E-state index contributed by atoms with van der Waals surface area (Å²) in [4.78, 5) is 0. The average Bonchev–Trinajstić information content (AvgIpc) is 0. The van der Waals surface area contributed by atoms with Crippen LogP contribution < -0.4 is 0 Å². The van der Waals surface area contributed by atoms with E-state index in [-0.39, 0.29) is 98.4 Å². The monoisotopic (exact) mass is 487 g/mol. The molecule has 5 heteroatoms. The van der Waals surface area contributed by atoms with Gasteiger partial charge in [0.25, 0.3) is 0 Å². The Bertz CT molecular complexity index is 11.6. The van der Waals surface area contributed by atoms with Crippen molar-refractivity contribution in [2.45, 2.75) is 0 Å². The van der Waals surface area contributed by atoms with Crippen LogP contribution in [-0.4, -0.2) is 0 Å². The zero-order chi connectivity index (χ0) is 0. The van der Waals surface area contributed by atoms with E-state index in [1.807, 2.05) is 0 Å². The molecule has 0 aliphatic rings. The molecule has 0 saturated heterocycles. The van der Waals surface area contributed by atoms with Crippen molar-refractivity contribution in [1.29, 1.82) is 0 Å². The summed E-state index contributed by atoms with van der Waals surface area (Å²) in [5.41, 5.74) is 0. The average molecular weight is 490 g/mol. The molecule has 0 unspecified atom stereocenters. The Morgan fingerprint density at radius 1 is 1.00 bits per heavy atom. The fourth-order valence-electron chi connectivity index (χ4n) is 0. The van der Waals surface area contributed by atoms with Crippen molar-refractivity contribution < 1.29 is 98.4 Å². The molecule has 43 valence electrons. The first-order valence-electron chi connectivity index (χ1n) is 0. The van der Waals surface area contributed by atoms with Gasteiger partial charge in [-0.15, -0.1) is 0 Å². The summed E-state index contributed by atoms with van der Waals surface area (Å²) in [6, 6.07) is 0. The number of hydrogen-bond donors (Lipinski definition) is 0. The molecule has 0 fully saturated rings. The summed E-state index contributed by atoms with van der Waals surface area (Å²) >= 11 is 0. The van der Waals surface area contributed by atoms with Crippen LogP contribution >= 0.6 is 0 Å². The predicted octanol–water partition coefficient (Wildman–Crippen LogP) is -0.0125. The molecule has 0 bridgehead atoms. The van der Waals surface area contributed by atoms with Crippen molar-refractivity contribution >= 4 is 0 Å². The molecule has 0 atom stereocenters. The molecule has 0 amide bonds. The third-order valence-corrected chi connectivity index (χ3v) is 0. The van der Waals surface area contributed by atoms with Crippen LogP contribution in [0, 0.1) is 0 Å². The van der Waals surface area contributed by atoms with Gasteiger partial charge in [-0.05, 0) is 0 Å². The Hall–Kier alpha value is 3.14. The zero-order valence-corrected chi connectivity index (χ0v) is 10.6. The Kier molecular flexibility index (Phi) is 230. The van der Waals surface area contributed by atoms with Crippen LogP contribution in [0.25, 0.3) is 0 Å². The van der Waals surface area contributed by atoms with Gasteiger partial charge in [-0.2, -0.15) is 0 Å². The minimum absolute atomic E-state index is 0. The van der Waals surface area contributed by atoms with E-state index in [4.69, 9.17) is 0 Å². The van der Waals surface area contributed by atoms with Gasteiger partial charge in [0.15, 0.2) is 0 Å². The van der Waals surface area contributed by atoms with Gasteiger partial charge in [0.2, 0.25) is 0 Å². The topological polar surface area (TPSA) is 0 Å². The summed E-state index contributed by atoms with van der Waals surface area (Å²) in [6.07, 6.45) is 0. The maximum Gasteiger partial charge on any atom is 0 e. The van der Waals surface area contributed by atoms with Crippen LogP contribution in [0.1, 0.15) is 0 Å². The normalized spacial score (nSPS) is 0. The second-order valence-corrected chi connectivity index (χ2v) is 0. The quantitative estimate of drug-likeness (QED) is 0.420. The van der Waals surface area contributed by atoms with Gasteiger partial charge in [0, 0.05) is 98.4 Å². The Balaban J connectivity index is 0. The zero-order valence-electron chi connectivity index (χ0n) is 1.97. The summed E-state index contributed by atoms with van der Waals surface area (Å²) in [6.45, 7) is 0. The summed E-state index contributed by atoms with van der Waals surface area (Å²) < 4.78 is 0. The Morgan fingerprint density at radius 2 is 1.00 bits per heavy atom. The Morgan fingerprint density at radius 3 is 1.00 bits per heavy atom. The van der Waals surface area contributed by atoms with E-state index in [1.54, 1.807) is 0 Å². The summed E-state index contributed by atoms with van der Waals surface area (Å²) in [5, 5.41) is 0. The van der Waals surface area contributed by atoms with Crippen molar-refractivity contribution in [3.05, 3.63) is 0 Å². The van der Waals surface area contributed by atoms with E-state index in [0.717, 1.165) is 0 Å². The molecule has 5 heavy (non-hydrogen) atoms. The fourth-order valence-corrected chi connectivity index (χ4v) is 0. The van der Waals surface area contributed by atoms with Crippen LogP contribution in [0.4, 0.5) is 0 Å². The number of hydrogen-bond acceptors (Lipinski definition) is 0. The van der Waals surface area contributed by atoms with Gasteiger partial charge in [0.1, 0.15) is 0 Å². The minimum atomic E-state index is 0. The third kappa shape index (κ3) is 19.1. The molecule has 0 nitrogen and oxygen atoms in total. The summed E-state index contributed by atoms with van der Waals surface area (Å²) in [5.74, 6) is 0. The first-order chi connectivity index (χ1) is 0. The van der Waals surface area contributed by atoms with Gasteiger partial charge in [-0.1, -0.05) is 0 Å². The van der Waals surface area contributed by atoms with Crippen molar-refractivity contribution in [3.8, 4) is 0 Å². The largest absolute Gasteiger partial charge is 0 e. The van der Waals surface area contributed by atoms with Crippen LogP contribution in [0.3, 0.4) is 0 Å². The molecule has 0 saturated carbocycles. The summed E-state index contributed by atoms with van der Waals surface area (Å²) in [7, 11) is 0. The van der Waals surface area contributed by atoms with Gasteiger partial charge in [-0.3, -0.25) is 0 Å². The second-order valence-electron chi connectivity index (χ2n) is 0. The van der Waals surface area contributed by atoms with E-state index in [2.05, 4.69) is 0 Å². The van der Waals surface area contributed by atoms with E-state index in [1.165, 1.54) is 0 Å². The minimum Gasteiger partial charge on any atom is 0 e. The van der Waals surface area contributed by atoms with Gasteiger partial charge >= 0.3 is 0 Å². The van der Waals surface area contributed by atoms with Crippen molar-refractivity contribution in [3.63, 3.8) is 0 Å². The molecule has 0 aromatic rings. The molecule has 0 spiro atoms. The van der Waals surface area contributed by atoms with Crippen molar-refractivity contribution in [2.24, 2.45) is 0 Å². The van der Waals surface area contributed by atoms with Crippen LogP contribution in [0.2, 0.25) is 0 Å². The molecule has 0 aromatic carbocycles. The van der Waals surface area contributed by atoms with Crippen molar-refractivity contribution in [2.75, 3.05) is 0 Å². The van der Waals surface area contributed by atoms with Gasteiger partial charge in [-0.25, -0.2) is 0 Å². The molecule has 0 heterocycles. The number of rotatable bonds is 0. The molecular formula is AgAuCuFeZn. The predicted molar refractivity (Wildman–Crippen MR) is 0 cm³/mol. The Labute approximate surface area is 96.7 Å². The third-order valence-electron chi connectivity index (χ3n) is 0. The molecule has 0 aromatic heterocycles. The molecule has 0 aliphatic carbocycles. The van der Waals surface area contributed by atoms with E-state index < -0.39 is 0 Å². The van der Waals surface area contributed by atoms with Crippen molar-refractivity contribution in [1.82, 2.24) is 0 Å². The SMILES string of the molecule is [Ag].[Au].[Cu].[Fe].[Zn]. The van der Waals surface area contributed by atoms with Crippen LogP contribution in [0.5, 0.6) is 0 Å². The van der Waals surface area contributed by atoms with Gasteiger partial charge < -0.3 is 0 Å². The molecule has 3 radical (unpaired) electrons. The maximum absolute atomic E-state index is 0. The van der Waals surface area contributed by atoms with Crippen LogP contribution in [0.15, 0.2) is 0 Å². The molecule has 0 rings (SSSR count). The second kappa shape index (κ2) is 27.3. The molecular weight excluding hydrogens is 490 g/mol. The fraction of sp³-hybridized carbons (Fsp3) is 0. The van der Waals surface area contributed by atoms with E-state index >= 15 is 0 Å². The van der Waals surface area contributed by atoms with Crippen LogP contribution in [-0.2, 0) is 98.4 Å². The maximum atomic E-state index is 0. The van der Waals surface area contributed by atoms with E-state index in [9.17, 15) is 0 Å². The van der Waals surface area contributed by atoms with Gasteiger partial charge in [0.05, 0.1) is 0 Å². The standard InChI is InChI=1S/Ag.Au.Cu.Fe.Zn. The first-order valence-corrected chi connectivity index (χ1v) is 0. The van der Waals surface area contributed by atoms with E-state index in [0.29, 0.717) is 0 Å².